The first-order chi connectivity index (χ1) is 38.5. The highest BCUT2D eigenvalue weighted by Gasteiger charge is 2.20. The number of hydrogen-bond donors (Lipinski definition) is 3. The number of carbonyl (C=O) groups is 2. The van der Waals surface area contributed by atoms with Crippen molar-refractivity contribution in [2.75, 3.05) is 13.2 Å². The molecule has 0 aliphatic rings. The van der Waals surface area contributed by atoms with Gasteiger partial charge in [-0.1, -0.05) is 386 Å². The Labute approximate surface area is 489 Å². The first-order valence-corrected chi connectivity index (χ1v) is 36.3. The Morgan fingerprint density at radius 1 is 0.308 bits per heavy atom. The van der Waals surface area contributed by atoms with E-state index in [1.165, 1.54) is 353 Å². The minimum absolute atomic E-state index is 0.0208. The van der Waals surface area contributed by atoms with Gasteiger partial charge in [0, 0.05) is 12.8 Å². The zero-order valence-corrected chi connectivity index (χ0v) is 53.4. The largest absolute Gasteiger partial charge is 0.466 e. The van der Waals surface area contributed by atoms with Crippen molar-refractivity contribution in [3.63, 3.8) is 0 Å². The fourth-order valence-corrected chi connectivity index (χ4v) is 11.9. The Hall–Kier alpha value is -1.14. The molecule has 0 spiro atoms. The van der Waals surface area contributed by atoms with E-state index in [2.05, 4.69) is 19.2 Å². The third-order valence-corrected chi connectivity index (χ3v) is 17.4. The van der Waals surface area contributed by atoms with Crippen LogP contribution in [0.15, 0.2) is 0 Å². The molecule has 0 aliphatic heterocycles. The summed E-state index contributed by atoms with van der Waals surface area (Å²) < 4.78 is 5.50. The molecular weight excluding hydrogens is 959 g/mol. The van der Waals surface area contributed by atoms with Crippen molar-refractivity contribution in [1.82, 2.24) is 5.32 Å². The van der Waals surface area contributed by atoms with Gasteiger partial charge in [0.2, 0.25) is 5.91 Å². The average molecular weight is 1100 g/mol. The van der Waals surface area contributed by atoms with Crippen LogP contribution in [0, 0.1) is 0 Å². The maximum absolute atomic E-state index is 12.5. The van der Waals surface area contributed by atoms with Crippen molar-refractivity contribution in [1.29, 1.82) is 0 Å². The summed E-state index contributed by atoms with van der Waals surface area (Å²) >= 11 is 0. The van der Waals surface area contributed by atoms with Crippen molar-refractivity contribution >= 4 is 11.9 Å². The number of rotatable bonds is 69. The van der Waals surface area contributed by atoms with Crippen LogP contribution in [-0.2, 0) is 14.3 Å². The molecule has 0 aromatic rings. The van der Waals surface area contributed by atoms with Gasteiger partial charge in [0.05, 0.1) is 25.4 Å². The molecule has 3 N–H and O–H groups in total. The first-order valence-electron chi connectivity index (χ1n) is 36.3. The van der Waals surface area contributed by atoms with Gasteiger partial charge in [-0.15, -0.1) is 0 Å². The zero-order chi connectivity index (χ0) is 56.4. The molecule has 0 rings (SSSR count). The minimum atomic E-state index is -0.663. The number of hydrogen-bond acceptors (Lipinski definition) is 5. The van der Waals surface area contributed by atoms with Crippen LogP contribution in [-0.4, -0.2) is 47.4 Å². The molecule has 0 saturated heterocycles. The van der Waals surface area contributed by atoms with Crippen LogP contribution >= 0.6 is 0 Å². The molecular formula is C72H143NO5. The van der Waals surface area contributed by atoms with Crippen LogP contribution in [0.4, 0.5) is 0 Å². The molecule has 0 bridgehead atoms. The van der Waals surface area contributed by atoms with Crippen LogP contribution in [0.1, 0.15) is 425 Å². The van der Waals surface area contributed by atoms with Crippen molar-refractivity contribution in [3.8, 4) is 0 Å². The number of esters is 1. The number of carbonyl (C=O) groups excluding carboxylic acids is 2. The Bertz CT molecular complexity index is 1130. The lowest BCUT2D eigenvalue weighted by molar-refractivity contribution is -0.143. The highest BCUT2D eigenvalue weighted by atomic mass is 16.5. The maximum atomic E-state index is 12.5. The van der Waals surface area contributed by atoms with Gasteiger partial charge in [0.15, 0.2) is 0 Å². The smallest absolute Gasteiger partial charge is 0.305 e. The number of amides is 1. The lowest BCUT2D eigenvalue weighted by Gasteiger charge is -2.22. The van der Waals surface area contributed by atoms with Gasteiger partial charge in [-0.25, -0.2) is 0 Å². The Morgan fingerprint density at radius 3 is 0.782 bits per heavy atom. The summed E-state index contributed by atoms with van der Waals surface area (Å²) in [5.74, 6) is -0.00675. The van der Waals surface area contributed by atoms with E-state index < -0.39 is 12.1 Å². The molecule has 6 heteroatoms. The van der Waals surface area contributed by atoms with Crippen LogP contribution in [0.2, 0.25) is 0 Å². The van der Waals surface area contributed by atoms with Gasteiger partial charge < -0.3 is 20.3 Å². The van der Waals surface area contributed by atoms with Crippen LogP contribution in [0.3, 0.4) is 0 Å². The van der Waals surface area contributed by atoms with Gasteiger partial charge in [0.25, 0.3) is 0 Å². The maximum Gasteiger partial charge on any atom is 0.305 e. The third-order valence-electron chi connectivity index (χ3n) is 17.4. The zero-order valence-electron chi connectivity index (χ0n) is 53.4. The molecule has 2 atom stereocenters. The second-order valence-electron chi connectivity index (χ2n) is 25.3. The third kappa shape index (κ3) is 64.0. The Balaban J connectivity index is 3.34. The second kappa shape index (κ2) is 68.4. The molecule has 0 aromatic carbocycles. The molecule has 0 fully saturated rings. The highest BCUT2D eigenvalue weighted by Crippen LogP contribution is 2.20. The van der Waals surface area contributed by atoms with Crippen molar-refractivity contribution in [2.24, 2.45) is 0 Å². The van der Waals surface area contributed by atoms with E-state index in [1.807, 2.05) is 0 Å². The van der Waals surface area contributed by atoms with E-state index in [4.69, 9.17) is 4.74 Å². The van der Waals surface area contributed by atoms with E-state index in [-0.39, 0.29) is 18.5 Å². The topological polar surface area (TPSA) is 95.9 Å². The van der Waals surface area contributed by atoms with Crippen LogP contribution in [0.5, 0.6) is 0 Å². The summed E-state index contributed by atoms with van der Waals surface area (Å²) in [6.07, 6.45) is 83.0. The van der Waals surface area contributed by atoms with E-state index in [0.29, 0.717) is 25.9 Å². The molecule has 0 radical (unpaired) electrons. The second-order valence-corrected chi connectivity index (χ2v) is 25.3. The van der Waals surface area contributed by atoms with Crippen LogP contribution < -0.4 is 5.32 Å². The normalized spacial score (nSPS) is 12.4. The summed E-state index contributed by atoms with van der Waals surface area (Å²) in [6, 6.07) is -0.540. The van der Waals surface area contributed by atoms with E-state index in [0.717, 1.165) is 38.5 Å². The van der Waals surface area contributed by atoms with E-state index >= 15 is 0 Å². The molecule has 466 valence electrons. The van der Waals surface area contributed by atoms with Gasteiger partial charge in [0.1, 0.15) is 0 Å². The van der Waals surface area contributed by atoms with E-state index in [9.17, 15) is 19.8 Å². The van der Waals surface area contributed by atoms with Gasteiger partial charge in [-0.2, -0.15) is 0 Å². The van der Waals surface area contributed by atoms with Crippen LogP contribution in [0.25, 0.3) is 0 Å². The predicted molar refractivity (Wildman–Crippen MR) is 343 cm³/mol. The average Bonchev–Trinajstić information content (AvgIpc) is 3.44. The summed E-state index contributed by atoms with van der Waals surface area (Å²) in [5.41, 5.74) is 0. The summed E-state index contributed by atoms with van der Waals surface area (Å²) in [4.78, 5) is 24.6. The minimum Gasteiger partial charge on any atom is -0.466 e. The predicted octanol–water partition coefficient (Wildman–Crippen LogP) is 23.4. The molecule has 2 unspecified atom stereocenters. The summed E-state index contributed by atoms with van der Waals surface area (Å²) in [6.45, 7) is 5.01. The van der Waals surface area contributed by atoms with E-state index in [1.54, 1.807) is 0 Å². The lowest BCUT2D eigenvalue weighted by Crippen LogP contribution is -2.45. The quantitative estimate of drug-likeness (QED) is 0.0417. The number of aliphatic hydroxyl groups is 2. The lowest BCUT2D eigenvalue weighted by atomic mass is 10.0. The van der Waals surface area contributed by atoms with Gasteiger partial charge in [-0.3, -0.25) is 9.59 Å². The fourth-order valence-electron chi connectivity index (χ4n) is 11.9. The van der Waals surface area contributed by atoms with Gasteiger partial charge in [-0.05, 0) is 25.7 Å². The summed E-state index contributed by atoms with van der Waals surface area (Å²) in [5, 5.41) is 23.4. The molecule has 0 heterocycles. The number of aliphatic hydroxyl groups excluding tert-OH is 2. The SMILES string of the molecule is CCCCCCCCCCCCCCCCCCCCCCCC(O)C(CO)NC(=O)CCCCCCCCCCCCCCCCCCCCCCCCCCCOC(=O)CCCCCCCCCCCCCCCCC. The Kier molecular flexibility index (Phi) is 67.4. The molecule has 1 amide bonds. The van der Waals surface area contributed by atoms with Gasteiger partial charge >= 0.3 is 5.97 Å². The van der Waals surface area contributed by atoms with Crippen molar-refractivity contribution < 1.29 is 24.5 Å². The molecule has 6 nitrogen and oxygen atoms in total. The summed E-state index contributed by atoms with van der Waals surface area (Å²) in [7, 11) is 0. The monoisotopic (exact) mass is 1100 g/mol. The first kappa shape index (κ1) is 76.9. The Morgan fingerprint density at radius 2 is 0.526 bits per heavy atom. The molecule has 0 saturated carbocycles. The van der Waals surface area contributed by atoms with Crippen molar-refractivity contribution in [2.45, 2.75) is 437 Å². The number of nitrogens with one attached hydrogen (secondary N) is 1. The van der Waals surface area contributed by atoms with Crippen molar-refractivity contribution in [3.05, 3.63) is 0 Å². The molecule has 0 aromatic heterocycles. The fraction of sp³-hybridized carbons (Fsp3) is 0.972. The highest BCUT2D eigenvalue weighted by molar-refractivity contribution is 5.76. The standard InChI is InChI=1S/C72H143NO5/c1-3-5-7-9-11-13-15-17-19-20-21-27-30-33-37-40-44-48-52-56-60-64-70(75)69(68-74)73-71(76)65-61-57-53-49-45-41-38-34-31-28-25-23-22-24-26-29-32-35-39-43-47-51-55-59-63-67-78-72(77)66-62-58-54-50-46-42-36-18-16-14-12-10-8-6-4-2/h69-70,74-75H,3-68H2,1-2H3,(H,73,76). The number of ether oxygens (including phenoxy) is 1. The molecule has 0 aliphatic carbocycles. The number of unbranched alkanes of at least 4 members (excludes halogenated alkanes) is 58. The molecule has 78 heavy (non-hydrogen) atoms.